The van der Waals surface area contributed by atoms with Gasteiger partial charge in [0.15, 0.2) is 5.16 Å². The number of hydrogen-bond acceptors (Lipinski definition) is 5. The molecule has 0 fully saturated rings. The van der Waals surface area contributed by atoms with Crippen LogP contribution in [0.3, 0.4) is 0 Å². The van der Waals surface area contributed by atoms with Gasteiger partial charge in [-0.15, -0.1) is 35.0 Å². The number of hydrogen-bond donors (Lipinski definition) is 1. The first kappa shape index (κ1) is 23.4. The molecule has 0 aliphatic rings. The van der Waals surface area contributed by atoms with Gasteiger partial charge in [0.05, 0.1) is 0 Å². The highest BCUT2D eigenvalue weighted by Gasteiger charge is 2.14. The van der Waals surface area contributed by atoms with Gasteiger partial charge in [0.1, 0.15) is 17.5 Å². The molecule has 0 spiro atoms. The molecule has 1 aromatic carbocycles. The normalized spacial score (nSPS) is 10.3. The average molecular weight is 433 g/mol. The lowest BCUT2D eigenvalue weighted by Crippen LogP contribution is -2.09. The van der Waals surface area contributed by atoms with Crippen molar-refractivity contribution < 1.29 is 4.39 Å². The van der Waals surface area contributed by atoms with Gasteiger partial charge in [-0.2, -0.15) is 0 Å². The second kappa shape index (κ2) is 11.3. The molecule has 3 aromatic rings. The summed E-state index contributed by atoms with van der Waals surface area (Å²) in [6.07, 6.45) is 5.41. The zero-order valence-electron chi connectivity index (χ0n) is 14.9. The Bertz CT molecular complexity index is 821. The molecule has 0 bridgehead atoms. The summed E-state index contributed by atoms with van der Waals surface area (Å²) in [5.41, 5.74) is 6.52. The topological polar surface area (TPSA) is 74.6 Å². The van der Waals surface area contributed by atoms with E-state index in [9.17, 15) is 4.39 Å². The van der Waals surface area contributed by atoms with E-state index in [4.69, 9.17) is 5.73 Å². The minimum atomic E-state index is -0.262. The molecule has 3 rings (SSSR count). The first-order valence-corrected chi connectivity index (χ1v) is 9.18. The summed E-state index contributed by atoms with van der Waals surface area (Å²) < 4.78 is 17.3. The van der Waals surface area contributed by atoms with Crippen LogP contribution in [0.15, 0.2) is 41.8 Å². The molecule has 0 atom stereocenters. The lowest BCUT2D eigenvalue weighted by Gasteiger charge is -2.10. The third-order valence-electron chi connectivity index (χ3n) is 3.85. The lowest BCUT2D eigenvalue weighted by molar-refractivity contribution is 0.627. The van der Waals surface area contributed by atoms with Crippen molar-refractivity contribution in [2.24, 2.45) is 5.73 Å². The zero-order chi connectivity index (χ0) is 17.6. The van der Waals surface area contributed by atoms with Gasteiger partial charge in [-0.05, 0) is 44.2 Å². The Morgan fingerprint density at radius 1 is 1.15 bits per heavy atom. The number of nitrogens with zero attached hydrogens (tertiary/aromatic N) is 5. The van der Waals surface area contributed by atoms with Crippen LogP contribution in [0.2, 0.25) is 0 Å². The van der Waals surface area contributed by atoms with Crippen LogP contribution in [0, 0.1) is 12.7 Å². The number of benzene rings is 1. The molecule has 0 unspecified atom stereocenters. The van der Waals surface area contributed by atoms with Crippen molar-refractivity contribution in [2.45, 2.75) is 31.5 Å². The number of rotatable bonds is 8. The summed E-state index contributed by atoms with van der Waals surface area (Å²) in [6, 6.07) is 6.35. The molecular formula is C17H23Cl2FN6S. The van der Waals surface area contributed by atoms with E-state index in [-0.39, 0.29) is 30.6 Å². The molecule has 0 amide bonds. The van der Waals surface area contributed by atoms with E-state index < -0.39 is 0 Å². The van der Waals surface area contributed by atoms with Gasteiger partial charge in [-0.25, -0.2) is 9.37 Å². The maximum atomic E-state index is 13.2. The second-order valence-corrected chi connectivity index (χ2v) is 6.68. The molecule has 0 saturated heterocycles. The number of halogens is 3. The molecular weight excluding hydrogens is 410 g/mol. The maximum Gasteiger partial charge on any atom is 0.195 e. The van der Waals surface area contributed by atoms with E-state index in [2.05, 4.69) is 19.7 Å². The quantitative estimate of drug-likeness (QED) is 0.435. The van der Waals surface area contributed by atoms with Crippen LogP contribution in [0.4, 0.5) is 4.39 Å². The smallest absolute Gasteiger partial charge is 0.195 e. The Labute approximate surface area is 174 Å². The Morgan fingerprint density at radius 3 is 2.52 bits per heavy atom. The number of thioether (sulfide) groups is 1. The molecule has 2 heterocycles. The summed E-state index contributed by atoms with van der Waals surface area (Å²) in [7, 11) is 0. The molecule has 27 heavy (non-hydrogen) atoms. The van der Waals surface area contributed by atoms with Crippen LogP contribution < -0.4 is 5.73 Å². The Morgan fingerprint density at radius 2 is 1.89 bits per heavy atom. The van der Waals surface area contributed by atoms with Gasteiger partial charge in [0.25, 0.3) is 0 Å². The predicted molar refractivity (Wildman–Crippen MR) is 111 cm³/mol. The van der Waals surface area contributed by atoms with Crippen molar-refractivity contribution >= 4 is 36.6 Å². The third kappa shape index (κ3) is 5.93. The van der Waals surface area contributed by atoms with Crippen molar-refractivity contribution in [2.75, 3.05) is 12.3 Å². The van der Waals surface area contributed by atoms with E-state index >= 15 is 0 Å². The van der Waals surface area contributed by atoms with Crippen molar-refractivity contribution in [1.29, 1.82) is 0 Å². The van der Waals surface area contributed by atoms with Crippen LogP contribution in [0.25, 0.3) is 5.69 Å². The minimum absolute atomic E-state index is 0. The van der Waals surface area contributed by atoms with Crippen LogP contribution >= 0.6 is 36.6 Å². The van der Waals surface area contributed by atoms with Crippen molar-refractivity contribution in [3.63, 3.8) is 0 Å². The Balaban J connectivity index is 0.00000182. The van der Waals surface area contributed by atoms with Crippen LogP contribution in [-0.2, 0) is 13.0 Å². The molecule has 0 radical (unpaired) electrons. The van der Waals surface area contributed by atoms with Crippen molar-refractivity contribution in [1.82, 2.24) is 24.3 Å². The second-order valence-electron chi connectivity index (χ2n) is 5.62. The highest BCUT2D eigenvalue weighted by atomic mass is 35.5. The molecule has 2 N–H and O–H groups in total. The van der Waals surface area contributed by atoms with Gasteiger partial charge in [-0.1, -0.05) is 11.8 Å². The van der Waals surface area contributed by atoms with Gasteiger partial charge >= 0.3 is 0 Å². The minimum Gasteiger partial charge on any atom is -0.335 e. The SMILES string of the molecule is Cc1nccn1CCCSc1nnc(CCN)n1-c1ccc(F)cc1.Cl.Cl. The van der Waals surface area contributed by atoms with Gasteiger partial charge in [0.2, 0.25) is 0 Å². The highest BCUT2D eigenvalue weighted by Crippen LogP contribution is 2.23. The van der Waals surface area contributed by atoms with Crippen molar-refractivity contribution in [3.05, 3.63) is 54.1 Å². The fraction of sp³-hybridized carbons (Fsp3) is 0.353. The average Bonchev–Trinajstić information content (AvgIpc) is 3.19. The molecule has 2 aromatic heterocycles. The van der Waals surface area contributed by atoms with Crippen LogP contribution in [0.1, 0.15) is 18.1 Å². The Hall–Kier alpha value is -1.61. The van der Waals surface area contributed by atoms with E-state index in [1.165, 1.54) is 12.1 Å². The number of imidazole rings is 1. The molecule has 10 heteroatoms. The fourth-order valence-corrected chi connectivity index (χ4v) is 3.47. The van der Waals surface area contributed by atoms with E-state index in [1.807, 2.05) is 23.9 Å². The molecule has 0 aliphatic heterocycles. The first-order chi connectivity index (χ1) is 12.2. The maximum absolute atomic E-state index is 13.2. The summed E-state index contributed by atoms with van der Waals surface area (Å²) in [5, 5.41) is 9.35. The monoisotopic (exact) mass is 432 g/mol. The summed E-state index contributed by atoms with van der Waals surface area (Å²) in [4.78, 5) is 4.23. The largest absolute Gasteiger partial charge is 0.335 e. The highest BCUT2D eigenvalue weighted by molar-refractivity contribution is 7.99. The number of nitrogens with two attached hydrogens (primary N) is 1. The number of aromatic nitrogens is 5. The molecule has 6 nitrogen and oxygen atoms in total. The fourth-order valence-electron chi connectivity index (χ4n) is 2.57. The Kier molecular flexibility index (Phi) is 9.79. The van der Waals surface area contributed by atoms with E-state index in [0.29, 0.717) is 13.0 Å². The van der Waals surface area contributed by atoms with Crippen LogP contribution in [-0.4, -0.2) is 36.6 Å². The lowest BCUT2D eigenvalue weighted by atomic mass is 10.3. The molecule has 0 aliphatic carbocycles. The van der Waals surface area contributed by atoms with Crippen LogP contribution in [0.5, 0.6) is 0 Å². The summed E-state index contributed by atoms with van der Waals surface area (Å²) in [6.45, 7) is 3.40. The van der Waals surface area contributed by atoms with Crippen molar-refractivity contribution in [3.8, 4) is 5.69 Å². The van der Waals surface area contributed by atoms with E-state index in [1.54, 1.807) is 23.9 Å². The van der Waals surface area contributed by atoms with E-state index in [0.717, 1.165) is 41.2 Å². The summed E-state index contributed by atoms with van der Waals surface area (Å²) in [5.74, 6) is 2.45. The van der Waals surface area contributed by atoms with Gasteiger partial charge < -0.3 is 10.3 Å². The summed E-state index contributed by atoms with van der Waals surface area (Å²) >= 11 is 1.64. The third-order valence-corrected chi connectivity index (χ3v) is 4.87. The molecule has 148 valence electrons. The standard InChI is InChI=1S/C17H21FN6S.2ClH/c1-13-20-9-11-23(13)10-2-12-25-17-22-21-16(7-8-19)24(17)15-5-3-14(18)4-6-15;;/h3-6,9,11H,2,7-8,10,12,19H2,1H3;2*1H. The molecule has 0 saturated carbocycles. The van der Waals surface area contributed by atoms with Gasteiger partial charge in [0, 0.05) is 36.8 Å². The predicted octanol–water partition coefficient (Wildman–Crippen LogP) is 3.44. The zero-order valence-corrected chi connectivity index (χ0v) is 17.4. The first-order valence-electron chi connectivity index (χ1n) is 8.20. The number of aryl methyl sites for hydroxylation is 2. The van der Waals surface area contributed by atoms with Gasteiger partial charge in [-0.3, -0.25) is 4.57 Å².